The molecule has 4 rings (SSSR count). The number of hydrogen-bond donors (Lipinski definition) is 0. The number of fused-ring (bicyclic) bond motifs is 1. The van der Waals surface area contributed by atoms with E-state index in [1.807, 2.05) is 54.7 Å². The van der Waals surface area contributed by atoms with Gasteiger partial charge in [0.1, 0.15) is 5.75 Å². The second kappa shape index (κ2) is 9.72. The number of methoxy groups -OCH3 is 1. The molecule has 0 N–H and O–H groups in total. The van der Waals surface area contributed by atoms with Gasteiger partial charge in [-0.2, -0.15) is 5.10 Å². The van der Waals surface area contributed by atoms with E-state index >= 15 is 0 Å². The molecule has 30 heavy (non-hydrogen) atoms. The van der Waals surface area contributed by atoms with Crippen LogP contribution in [-0.4, -0.2) is 41.4 Å². The maximum Gasteiger partial charge on any atom is 0.274 e. The lowest BCUT2D eigenvalue weighted by Gasteiger charge is -2.26. The standard InChI is InChI=1S/C25H29N3O2/c1-30-23-11-8-20(9-12-23)6-7-21-10-13-24-22(18-21)19-26-28(25(24)29)17-5-16-27-14-3-2-4-15-27/h6-13,18-19H,2-5,14-17H2,1H3/b7-6+. The molecule has 1 saturated heterocycles. The Morgan fingerprint density at radius 2 is 1.70 bits per heavy atom. The molecule has 0 spiro atoms. The number of nitrogens with zero attached hydrogens (tertiary/aromatic N) is 3. The van der Waals surface area contributed by atoms with Crippen molar-refractivity contribution >= 4 is 22.9 Å². The minimum atomic E-state index is -0.00294. The number of hydrogen-bond acceptors (Lipinski definition) is 4. The van der Waals surface area contributed by atoms with Crippen LogP contribution in [0.3, 0.4) is 0 Å². The van der Waals surface area contributed by atoms with Crippen molar-refractivity contribution in [2.75, 3.05) is 26.7 Å². The maximum atomic E-state index is 12.8. The molecule has 0 radical (unpaired) electrons. The first-order valence-corrected chi connectivity index (χ1v) is 10.8. The molecule has 2 aromatic carbocycles. The summed E-state index contributed by atoms with van der Waals surface area (Å²) in [6, 6.07) is 13.8. The lowest BCUT2D eigenvalue weighted by molar-refractivity contribution is 0.221. The third-order valence-corrected chi connectivity index (χ3v) is 5.75. The van der Waals surface area contributed by atoms with Gasteiger partial charge in [0, 0.05) is 11.9 Å². The Morgan fingerprint density at radius 1 is 0.967 bits per heavy atom. The molecule has 5 nitrogen and oxygen atoms in total. The van der Waals surface area contributed by atoms with Gasteiger partial charge in [0.05, 0.1) is 18.7 Å². The van der Waals surface area contributed by atoms with Crippen LogP contribution in [0.5, 0.6) is 5.75 Å². The van der Waals surface area contributed by atoms with Crippen LogP contribution >= 0.6 is 0 Å². The second-order valence-corrected chi connectivity index (χ2v) is 7.88. The van der Waals surface area contributed by atoms with E-state index in [1.165, 1.54) is 32.4 Å². The Kier molecular flexibility index (Phi) is 6.60. The molecule has 3 aromatic rings. The number of aryl methyl sites for hydroxylation is 1. The summed E-state index contributed by atoms with van der Waals surface area (Å²) in [6.45, 7) is 4.09. The molecule has 156 valence electrons. The van der Waals surface area contributed by atoms with Gasteiger partial charge in [0.2, 0.25) is 0 Å². The molecular formula is C25H29N3O2. The largest absolute Gasteiger partial charge is 0.497 e. The van der Waals surface area contributed by atoms with Crippen LogP contribution in [0.1, 0.15) is 36.8 Å². The summed E-state index contributed by atoms with van der Waals surface area (Å²) >= 11 is 0. The predicted molar refractivity (Wildman–Crippen MR) is 123 cm³/mol. The number of likely N-dealkylation sites (tertiary alicyclic amines) is 1. The Bertz CT molecular complexity index is 1060. The van der Waals surface area contributed by atoms with Gasteiger partial charge in [0.25, 0.3) is 5.56 Å². The zero-order valence-electron chi connectivity index (χ0n) is 17.6. The summed E-state index contributed by atoms with van der Waals surface area (Å²) in [6.07, 6.45) is 10.8. The van der Waals surface area contributed by atoms with Gasteiger partial charge < -0.3 is 9.64 Å². The number of rotatable bonds is 7. The molecule has 0 saturated carbocycles. The van der Waals surface area contributed by atoms with Crippen LogP contribution in [0.25, 0.3) is 22.9 Å². The Labute approximate surface area is 177 Å². The smallest absolute Gasteiger partial charge is 0.274 e. The van der Waals surface area contributed by atoms with Crippen molar-refractivity contribution in [3.05, 3.63) is 70.1 Å². The summed E-state index contributed by atoms with van der Waals surface area (Å²) < 4.78 is 6.80. The first kappa shape index (κ1) is 20.4. The van der Waals surface area contributed by atoms with Gasteiger partial charge in [-0.25, -0.2) is 4.68 Å². The minimum absolute atomic E-state index is 0.00294. The summed E-state index contributed by atoms with van der Waals surface area (Å²) in [4.78, 5) is 15.3. The average molecular weight is 404 g/mol. The zero-order valence-corrected chi connectivity index (χ0v) is 17.6. The van der Waals surface area contributed by atoms with E-state index in [2.05, 4.69) is 16.1 Å². The molecule has 1 fully saturated rings. The van der Waals surface area contributed by atoms with Gasteiger partial charge in [0.15, 0.2) is 0 Å². The highest BCUT2D eigenvalue weighted by atomic mass is 16.5. The topological polar surface area (TPSA) is 47.4 Å². The number of ether oxygens (including phenoxy) is 1. The number of aromatic nitrogens is 2. The van der Waals surface area contributed by atoms with E-state index in [-0.39, 0.29) is 5.56 Å². The van der Waals surface area contributed by atoms with Gasteiger partial charge >= 0.3 is 0 Å². The van der Waals surface area contributed by atoms with Crippen LogP contribution in [0.2, 0.25) is 0 Å². The van der Waals surface area contributed by atoms with Crippen molar-refractivity contribution in [2.45, 2.75) is 32.2 Å². The fraction of sp³-hybridized carbons (Fsp3) is 0.360. The Hall–Kier alpha value is -2.92. The summed E-state index contributed by atoms with van der Waals surface area (Å²) in [5, 5.41) is 6.02. The van der Waals surface area contributed by atoms with Crippen molar-refractivity contribution in [3.63, 3.8) is 0 Å². The first-order chi connectivity index (χ1) is 14.7. The van der Waals surface area contributed by atoms with Crippen molar-refractivity contribution in [2.24, 2.45) is 0 Å². The molecule has 1 aromatic heterocycles. The molecule has 2 heterocycles. The molecule has 0 aliphatic carbocycles. The molecule has 1 aliphatic heterocycles. The van der Waals surface area contributed by atoms with Crippen molar-refractivity contribution in [1.29, 1.82) is 0 Å². The summed E-state index contributed by atoms with van der Waals surface area (Å²) in [7, 11) is 1.66. The first-order valence-electron chi connectivity index (χ1n) is 10.8. The quantitative estimate of drug-likeness (QED) is 0.547. The van der Waals surface area contributed by atoms with Gasteiger partial charge in [-0.15, -0.1) is 0 Å². The van der Waals surface area contributed by atoms with E-state index in [0.717, 1.165) is 40.6 Å². The Morgan fingerprint density at radius 3 is 2.47 bits per heavy atom. The summed E-state index contributed by atoms with van der Waals surface area (Å²) in [5.41, 5.74) is 2.14. The van der Waals surface area contributed by atoms with E-state index in [0.29, 0.717) is 6.54 Å². The summed E-state index contributed by atoms with van der Waals surface area (Å²) in [5.74, 6) is 0.844. The molecule has 5 heteroatoms. The van der Waals surface area contributed by atoms with Crippen LogP contribution in [-0.2, 0) is 6.54 Å². The SMILES string of the molecule is COc1ccc(/C=C/c2ccc3c(=O)n(CCCN4CCCCC4)ncc3c2)cc1. The highest BCUT2D eigenvalue weighted by molar-refractivity contribution is 5.84. The van der Waals surface area contributed by atoms with E-state index in [1.54, 1.807) is 11.8 Å². The van der Waals surface area contributed by atoms with Crippen molar-refractivity contribution in [1.82, 2.24) is 14.7 Å². The van der Waals surface area contributed by atoms with Crippen molar-refractivity contribution in [3.8, 4) is 5.75 Å². The minimum Gasteiger partial charge on any atom is -0.497 e. The molecule has 0 unspecified atom stereocenters. The zero-order chi connectivity index (χ0) is 20.8. The fourth-order valence-electron chi connectivity index (χ4n) is 4.00. The van der Waals surface area contributed by atoms with Crippen LogP contribution < -0.4 is 10.3 Å². The molecule has 0 amide bonds. The molecule has 0 atom stereocenters. The van der Waals surface area contributed by atoms with Gasteiger partial charge in [-0.1, -0.05) is 36.8 Å². The van der Waals surface area contributed by atoms with Crippen LogP contribution in [0.4, 0.5) is 0 Å². The molecule has 0 bridgehead atoms. The normalized spacial score (nSPS) is 15.1. The molecule has 1 aliphatic rings. The van der Waals surface area contributed by atoms with Gasteiger partial charge in [-0.3, -0.25) is 4.79 Å². The highest BCUT2D eigenvalue weighted by Gasteiger charge is 2.10. The molecular weight excluding hydrogens is 374 g/mol. The third-order valence-electron chi connectivity index (χ3n) is 5.75. The number of piperidine rings is 1. The fourth-order valence-corrected chi connectivity index (χ4v) is 4.00. The number of benzene rings is 2. The maximum absolute atomic E-state index is 12.8. The third kappa shape index (κ3) is 4.97. The van der Waals surface area contributed by atoms with E-state index in [4.69, 9.17) is 4.74 Å². The monoisotopic (exact) mass is 403 g/mol. The Balaban J connectivity index is 1.43. The average Bonchev–Trinajstić information content (AvgIpc) is 2.80. The predicted octanol–water partition coefficient (Wildman–Crippen LogP) is 4.45. The van der Waals surface area contributed by atoms with Crippen molar-refractivity contribution < 1.29 is 4.74 Å². The van der Waals surface area contributed by atoms with Gasteiger partial charge in [-0.05, 0) is 74.3 Å². The van der Waals surface area contributed by atoms with E-state index in [9.17, 15) is 4.79 Å². The lowest BCUT2D eigenvalue weighted by Crippen LogP contribution is -2.32. The highest BCUT2D eigenvalue weighted by Crippen LogP contribution is 2.17. The van der Waals surface area contributed by atoms with Crippen LogP contribution in [0, 0.1) is 0 Å². The second-order valence-electron chi connectivity index (χ2n) is 7.88. The lowest BCUT2D eigenvalue weighted by atomic mass is 10.1. The van der Waals surface area contributed by atoms with E-state index < -0.39 is 0 Å². The van der Waals surface area contributed by atoms with Crippen LogP contribution in [0.15, 0.2) is 53.5 Å².